The molecule has 114 valence electrons. The first-order valence-corrected chi connectivity index (χ1v) is 8.26. The molecule has 1 nitrogen and oxygen atoms in total. The molecule has 1 aromatic carbocycles. The number of benzene rings is 1. The number of nitrogens with one attached hydrogen (secondary N) is 1. The van der Waals surface area contributed by atoms with Gasteiger partial charge in [-0.05, 0) is 61.4 Å². The van der Waals surface area contributed by atoms with Gasteiger partial charge in [0.25, 0.3) is 0 Å². The minimum absolute atomic E-state index is 0.244. The molecule has 0 spiro atoms. The fourth-order valence-corrected chi connectivity index (χ4v) is 3.13. The average Bonchev–Trinajstić information content (AvgIpc) is 2.94. The van der Waals surface area contributed by atoms with E-state index in [0.717, 1.165) is 31.9 Å². The molecule has 1 N–H and O–H groups in total. The van der Waals surface area contributed by atoms with E-state index in [0.29, 0.717) is 12.0 Å². The van der Waals surface area contributed by atoms with E-state index in [4.69, 9.17) is 0 Å². The fraction of sp³-hybridized carbons (Fsp3) is 0.412. The normalized spacial score (nSPS) is 12.5. The Hall–Kier alpha value is -1.26. The highest BCUT2D eigenvalue weighted by Crippen LogP contribution is 2.16. The molecule has 0 aliphatic carbocycles. The van der Waals surface area contributed by atoms with Crippen LogP contribution < -0.4 is 5.32 Å². The van der Waals surface area contributed by atoms with Crippen LogP contribution in [0.2, 0.25) is 0 Å². The van der Waals surface area contributed by atoms with Gasteiger partial charge in [0.1, 0.15) is 11.6 Å². The van der Waals surface area contributed by atoms with Gasteiger partial charge in [-0.2, -0.15) is 0 Å². The van der Waals surface area contributed by atoms with Gasteiger partial charge in [0, 0.05) is 17.0 Å². The summed E-state index contributed by atoms with van der Waals surface area (Å²) >= 11 is 1.75. The summed E-state index contributed by atoms with van der Waals surface area (Å²) in [7, 11) is 0. The van der Waals surface area contributed by atoms with Crippen LogP contribution in [0, 0.1) is 11.6 Å². The van der Waals surface area contributed by atoms with E-state index in [1.165, 1.54) is 17.0 Å². The van der Waals surface area contributed by atoms with Crippen LogP contribution in [0.5, 0.6) is 0 Å². The first kappa shape index (κ1) is 16.1. The van der Waals surface area contributed by atoms with E-state index < -0.39 is 11.6 Å². The molecular formula is C17H21F2NS. The van der Waals surface area contributed by atoms with E-state index >= 15 is 0 Å². The lowest BCUT2D eigenvalue weighted by Crippen LogP contribution is -2.32. The third kappa shape index (κ3) is 5.56. The van der Waals surface area contributed by atoms with Crippen molar-refractivity contribution >= 4 is 11.3 Å². The maximum absolute atomic E-state index is 13.3. The van der Waals surface area contributed by atoms with Crippen molar-refractivity contribution in [1.82, 2.24) is 5.32 Å². The number of thiophene rings is 1. The van der Waals surface area contributed by atoms with E-state index in [2.05, 4.69) is 29.8 Å². The van der Waals surface area contributed by atoms with Gasteiger partial charge < -0.3 is 5.32 Å². The predicted octanol–water partition coefficient (Wildman–Crippen LogP) is 4.57. The van der Waals surface area contributed by atoms with Crippen LogP contribution in [0.4, 0.5) is 8.78 Å². The van der Waals surface area contributed by atoms with Crippen molar-refractivity contribution in [3.63, 3.8) is 0 Å². The molecule has 1 atom stereocenters. The molecule has 0 aliphatic heterocycles. The Morgan fingerprint density at radius 3 is 2.57 bits per heavy atom. The predicted molar refractivity (Wildman–Crippen MR) is 84.8 cm³/mol. The molecule has 0 aliphatic rings. The molecule has 0 bridgehead atoms. The molecule has 2 aromatic rings. The van der Waals surface area contributed by atoms with Gasteiger partial charge in [0.15, 0.2) is 0 Å². The summed E-state index contributed by atoms with van der Waals surface area (Å²) in [5, 5.41) is 5.55. The highest BCUT2D eigenvalue weighted by Gasteiger charge is 2.11. The molecule has 1 unspecified atom stereocenters. The molecule has 0 saturated carbocycles. The second kappa shape index (κ2) is 8.25. The molecule has 0 radical (unpaired) electrons. The van der Waals surface area contributed by atoms with Gasteiger partial charge in [-0.1, -0.05) is 13.0 Å². The molecule has 0 fully saturated rings. The van der Waals surface area contributed by atoms with Crippen LogP contribution >= 0.6 is 11.3 Å². The van der Waals surface area contributed by atoms with E-state index in [1.54, 1.807) is 11.3 Å². The molecule has 2 rings (SSSR count). The van der Waals surface area contributed by atoms with Crippen LogP contribution in [0.15, 0.2) is 35.7 Å². The maximum Gasteiger partial charge on any atom is 0.126 e. The number of hydrogen-bond donors (Lipinski definition) is 1. The molecule has 0 saturated heterocycles. The van der Waals surface area contributed by atoms with E-state index in [1.807, 2.05) is 0 Å². The number of hydrogen-bond acceptors (Lipinski definition) is 2. The Labute approximate surface area is 129 Å². The molecular weight excluding hydrogens is 288 g/mol. The Bertz CT molecular complexity index is 519. The summed E-state index contributed by atoms with van der Waals surface area (Å²) < 4.78 is 26.6. The van der Waals surface area contributed by atoms with Gasteiger partial charge in [0.2, 0.25) is 0 Å². The lowest BCUT2D eigenvalue weighted by molar-refractivity contribution is 0.476. The summed E-state index contributed by atoms with van der Waals surface area (Å²) in [6.07, 6.45) is 3.67. The third-order valence-corrected chi connectivity index (χ3v) is 4.34. The zero-order valence-electron chi connectivity index (χ0n) is 12.2. The first-order valence-electron chi connectivity index (χ1n) is 7.38. The molecule has 21 heavy (non-hydrogen) atoms. The van der Waals surface area contributed by atoms with Crippen molar-refractivity contribution in [2.24, 2.45) is 0 Å². The molecule has 4 heteroatoms. The second-order valence-electron chi connectivity index (χ2n) is 5.25. The topological polar surface area (TPSA) is 12.0 Å². The number of rotatable bonds is 8. The summed E-state index contributed by atoms with van der Waals surface area (Å²) in [6, 6.07) is 8.20. The molecule has 1 aromatic heterocycles. The molecule has 1 heterocycles. The first-order chi connectivity index (χ1) is 10.2. The minimum Gasteiger partial charge on any atom is -0.314 e. The van der Waals surface area contributed by atoms with Crippen molar-refractivity contribution in [2.45, 2.75) is 38.6 Å². The largest absolute Gasteiger partial charge is 0.314 e. The number of halogens is 2. The van der Waals surface area contributed by atoms with Crippen molar-refractivity contribution in [1.29, 1.82) is 0 Å². The fourth-order valence-electron chi connectivity index (χ4n) is 2.41. The van der Waals surface area contributed by atoms with Gasteiger partial charge >= 0.3 is 0 Å². The highest BCUT2D eigenvalue weighted by atomic mass is 32.1. The lowest BCUT2D eigenvalue weighted by Gasteiger charge is -2.18. The quantitative estimate of drug-likeness (QED) is 0.753. The van der Waals surface area contributed by atoms with Crippen molar-refractivity contribution in [3.8, 4) is 0 Å². The van der Waals surface area contributed by atoms with Crippen LogP contribution in [0.3, 0.4) is 0 Å². The van der Waals surface area contributed by atoms with E-state index in [-0.39, 0.29) is 6.04 Å². The van der Waals surface area contributed by atoms with E-state index in [9.17, 15) is 8.78 Å². The van der Waals surface area contributed by atoms with Gasteiger partial charge in [-0.15, -0.1) is 11.3 Å². The SMILES string of the molecule is CCCNC(CCc1cccs1)Cc1cc(F)cc(F)c1. The minimum atomic E-state index is -0.502. The summed E-state index contributed by atoms with van der Waals surface area (Å²) in [5.41, 5.74) is 0.715. The standard InChI is InChI=1S/C17H21F2NS/c1-2-7-20-16(5-6-17-4-3-8-21-17)11-13-9-14(18)12-15(19)10-13/h3-4,8-10,12,16,20H,2,5-7,11H2,1H3. The summed E-state index contributed by atoms with van der Waals surface area (Å²) in [4.78, 5) is 1.35. The summed E-state index contributed by atoms with van der Waals surface area (Å²) in [6.45, 7) is 3.04. The van der Waals surface area contributed by atoms with Gasteiger partial charge in [-0.25, -0.2) is 8.78 Å². The number of aryl methyl sites for hydroxylation is 1. The van der Waals surface area contributed by atoms with Crippen LogP contribution in [0.25, 0.3) is 0 Å². The van der Waals surface area contributed by atoms with Gasteiger partial charge in [0.05, 0.1) is 0 Å². The van der Waals surface area contributed by atoms with Crippen molar-refractivity contribution < 1.29 is 8.78 Å². The van der Waals surface area contributed by atoms with Crippen LogP contribution in [0.1, 0.15) is 30.2 Å². The zero-order chi connectivity index (χ0) is 15.1. The lowest BCUT2D eigenvalue weighted by atomic mass is 10.0. The third-order valence-electron chi connectivity index (χ3n) is 3.41. The Morgan fingerprint density at radius 2 is 1.95 bits per heavy atom. The maximum atomic E-state index is 13.3. The highest BCUT2D eigenvalue weighted by molar-refractivity contribution is 7.09. The molecule has 0 amide bonds. The Balaban J connectivity index is 1.97. The van der Waals surface area contributed by atoms with Crippen molar-refractivity contribution in [2.75, 3.05) is 6.54 Å². The van der Waals surface area contributed by atoms with Gasteiger partial charge in [-0.3, -0.25) is 0 Å². The Kier molecular flexibility index (Phi) is 6.33. The Morgan fingerprint density at radius 1 is 1.19 bits per heavy atom. The van der Waals surface area contributed by atoms with Crippen LogP contribution in [-0.4, -0.2) is 12.6 Å². The van der Waals surface area contributed by atoms with Crippen LogP contribution in [-0.2, 0) is 12.8 Å². The second-order valence-corrected chi connectivity index (χ2v) is 6.28. The van der Waals surface area contributed by atoms with Crippen molar-refractivity contribution in [3.05, 3.63) is 57.8 Å². The monoisotopic (exact) mass is 309 g/mol. The zero-order valence-corrected chi connectivity index (χ0v) is 13.1. The smallest absolute Gasteiger partial charge is 0.126 e. The summed E-state index contributed by atoms with van der Waals surface area (Å²) in [5.74, 6) is -1.00. The average molecular weight is 309 g/mol.